The molecular formula is C12H12BrNO. The van der Waals surface area contributed by atoms with Crippen LogP contribution in [0.3, 0.4) is 0 Å². The molecule has 0 aliphatic heterocycles. The highest BCUT2D eigenvalue weighted by Gasteiger charge is 2.13. The van der Waals surface area contributed by atoms with Crippen molar-refractivity contribution in [1.29, 1.82) is 0 Å². The average Bonchev–Trinajstić information content (AvgIpc) is 2.41. The molecule has 0 saturated carbocycles. The molecule has 1 aromatic carbocycles. The van der Waals surface area contributed by atoms with Gasteiger partial charge in [0, 0.05) is 26.6 Å². The van der Waals surface area contributed by atoms with Crippen molar-refractivity contribution in [2.45, 2.75) is 20.8 Å². The Hall–Kier alpha value is -1.09. The van der Waals surface area contributed by atoms with Gasteiger partial charge in [-0.15, -0.1) is 0 Å². The normalized spacial score (nSPS) is 10.9. The molecule has 0 radical (unpaired) electrons. The number of benzene rings is 1. The summed E-state index contributed by atoms with van der Waals surface area (Å²) in [4.78, 5) is 14.7. The van der Waals surface area contributed by atoms with E-state index in [1.165, 1.54) is 5.56 Å². The quantitative estimate of drug-likeness (QED) is 0.783. The number of carbonyl (C=O) groups excluding carboxylic acids is 1. The summed E-state index contributed by atoms with van der Waals surface area (Å²) < 4.78 is 1.04. The summed E-state index contributed by atoms with van der Waals surface area (Å²) in [6, 6.07) is 4.06. The molecule has 0 amide bonds. The lowest BCUT2D eigenvalue weighted by atomic mass is 10.1. The van der Waals surface area contributed by atoms with Crippen LogP contribution in [0.15, 0.2) is 16.6 Å². The number of hydrogen-bond acceptors (Lipinski definition) is 1. The van der Waals surface area contributed by atoms with Crippen LogP contribution in [0.5, 0.6) is 0 Å². The van der Waals surface area contributed by atoms with Gasteiger partial charge in [-0.3, -0.25) is 4.79 Å². The van der Waals surface area contributed by atoms with Gasteiger partial charge in [-0.2, -0.15) is 0 Å². The first-order valence-electron chi connectivity index (χ1n) is 4.80. The van der Waals surface area contributed by atoms with Crippen LogP contribution in [0.4, 0.5) is 0 Å². The summed E-state index contributed by atoms with van der Waals surface area (Å²) in [5, 5.41) is 0.998. The molecule has 0 spiro atoms. The minimum atomic E-state index is 0.106. The lowest BCUT2D eigenvalue weighted by molar-refractivity contribution is 0.101. The number of aryl methyl sites for hydroxylation is 2. The van der Waals surface area contributed by atoms with E-state index in [1.54, 1.807) is 6.92 Å². The van der Waals surface area contributed by atoms with Crippen molar-refractivity contribution in [2.75, 3.05) is 0 Å². The van der Waals surface area contributed by atoms with Crippen LogP contribution in [0, 0.1) is 13.8 Å². The Balaban J connectivity index is 2.87. The number of aromatic amines is 1. The number of hydrogen-bond donors (Lipinski definition) is 1. The molecule has 1 N–H and O–H groups in total. The van der Waals surface area contributed by atoms with Gasteiger partial charge in [0.15, 0.2) is 5.78 Å². The van der Waals surface area contributed by atoms with E-state index in [9.17, 15) is 4.79 Å². The van der Waals surface area contributed by atoms with Crippen LogP contribution in [0.2, 0.25) is 0 Å². The van der Waals surface area contributed by atoms with Gasteiger partial charge in [0.05, 0.1) is 0 Å². The number of nitrogens with one attached hydrogen (secondary N) is 1. The molecule has 1 heterocycles. The van der Waals surface area contributed by atoms with E-state index in [1.807, 2.05) is 19.9 Å². The molecule has 2 rings (SSSR count). The monoisotopic (exact) mass is 265 g/mol. The highest BCUT2D eigenvalue weighted by Crippen LogP contribution is 2.28. The van der Waals surface area contributed by atoms with Crippen LogP contribution < -0.4 is 0 Å². The SMILES string of the molecule is CC(=O)c1c(C)[nH]c2cc(C)c(Br)cc12. The molecule has 0 unspecified atom stereocenters. The van der Waals surface area contributed by atoms with Crippen LogP contribution >= 0.6 is 15.9 Å². The summed E-state index contributed by atoms with van der Waals surface area (Å²) in [7, 11) is 0. The highest BCUT2D eigenvalue weighted by molar-refractivity contribution is 9.10. The van der Waals surface area contributed by atoms with E-state index in [2.05, 4.69) is 27.0 Å². The Morgan fingerprint density at radius 1 is 1.33 bits per heavy atom. The molecule has 78 valence electrons. The van der Waals surface area contributed by atoms with Crippen LogP contribution in [-0.2, 0) is 0 Å². The van der Waals surface area contributed by atoms with Crippen molar-refractivity contribution >= 4 is 32.6 Å². The maximum Gasteiger partial charge on any atom is 0.162 e. The minimum absolute atomic E-state index is 0.106. The van der Waals surface area contributed by atoms with Gasteiger partial charge in [0.2, 0.25) is 0 Å². The van der Waals surface area contributed by atoms with E-state index in [4.69, 9.17) is 0 Å². The third kappa shape index (κ3) is 1.61. The van der Waals surface area contributed by atoms with Gasteiger partial charge >= 0.3 is 0 Å². The zero-order valence-electron chi connectivity index (χ0n) is 8.94. The smallest absolute Gasteiger partial charge is 0.162 e. The molecule has 0 atom stereocenters. The van der Waals surface area contributed by atoms with E-state index >= 15 is 0 Å². The maximum absolute atomic E-state index is 11.5. The Morgan fingerprint density at radius 2 is 2.00 bits per heavy atom. The van der Waals surface area contributed by atoms with Crippen LogP contribution in [0.1, 0.15) is 28.5 Å². The molecule has 2 nitrogen and oxygen atoms in total. The zero-order chi connectivity index (χ0) is 11.2. The summed E-state index contributed by atoms with van der Waals surface area (Å²) in [6.07, 6.45) is 0. The molecule has 2 aromatic rings. The Bertz CT molecular complexity index is 554. The number of halogens is 1. The first-order chi connectivity index (χ1) is 7.00. The molecule has 0 bridgehead atoms. The number of H-pyrrole nitrogens is 1. The fraction of sp³-hybridized carbons (Fsp3) is 0.250. The zero-order valence-corrected chi connectivity index (χ0v) is 10.5. The van der Waals surface area contributed by atoms with E-state index < -0.39 is 0 Å². The fourth-order valence-electron chi connectivity index (χ4n) is 1.91. The molecule has 0 saturated heterocycles. The molecule has 0 aliphatic rings. The predicted octanol–water partition coefficient (Wildman–Crippen LogP) is 3.75. The molecule has 0 fully saturated rings. The number of Topliss-reactive ketones (excluding diaryl/α,β-unsaturated/α-hetero) is 1. The van der Waals surface area contributed by atoms with Gasteiger partial charge in [-0.25, -0.2) is 0 Å². The third-order valence-electron chi connectivity index (χ3n) is 2.62. The van der Waals surface area contributed by atoms with Crippen LogP contribution in [0.25, 0.3) is 10.9 Å². The number of rotatable bonds is 1. The minimum Gasteiger partial charge on any atom is -0.358 e. The predicted molar refractivity (Wildman–Crippen MR) is 65.5 cm³/mol. The highest BCUT2D eigenvalue weighted by atomic mass is 79.9. The first-order valence-corrected chi connectivity index (χ1v) is 5.59. The second kappa shape index (κ2) is 3.49. The van der Waals surface area contributed by atoms with Crippen molar-refractivity contribution in [3.05, 3.63) is 33.4 Å². The van der Waals surface area contributed by atoms with Crippen molar-refractivity contribution in [3.8, 4) is 0 Å². The van der Waals surface area contributed by atoms with Crippen molar-refractivity contribution in [2.24, 2.45) is 0 Å². The maximum atomic E-state index is 11.5. The molecular weight excluding hydrogens is 254 g/mol. The summed E-state index contributed by atoms with van der Waals surface area (Å²) in [5.74, 6) is 0.106. The largest absolute Gasteiger partial charge is 0.358 e. The van der Waals surface area contributed by atoms with Gasteiger partial charge in [0.1, 0.15) is 0 Å². The van der Waals surface area contributed by atoms with Crippen molar-refractivity contribution < 1.29 is 4.79 Å². The Labute approximate surface area is 96.8 Å². The Morgan fingerprint density at radius 3 is 2.60 bits per heavy atom. The van der Waals surface area contributed by atoms with E-state index in [0.717, 1.165) is 26.6 Å². The van der Waals surface area contributed by atoms with Gasteiger partial charge < -0.3 is 4.98 Å². The second-order valence-electron chi connectivity index (χ2n) is 3.83. The second-order valence-corrected chi connectivity index (χ2v) is 4.68. The lowest BCUT2D eigenvalue weighted by Crippen LogP contribution is -1.92. The van der Waals surface area contributed by atoms with Crippen molar-refractivity contribution in [3.63, 3.8) is 0 Å². The topological polar surface area (TPSA) is 32.9 Å². The number of ketones is 1. The van der Waals surface area contributed by atoms with Gasteiger partial charge in [0.25, 0.3) is 0 Å². The number of carbonyl (C=O) groups is 1. The fourth-order valence-corrected chi connectivity index (χ4v) is 2.26. The number of aromatic nitrogens is 1. The molecule has 3 heteroatoms. The van der Waals surface area contributed by atoms with Crippen LogP contribution in [-0.4, -0.2) is 10.8 Å². The summed E-state index contributed by atoms with van der Waals surface area (Å²) in [6.45, 7) is 5.57. The molecule has 1 aromatic heterocycles. The number of fused-ring (bicyclic) bond motifs is 1. The summed E-state index contributed by atoms with van der Waals surface area (Å²) >= 11 is 3.48. The third-order valence-corrected chi connectivity index (χ3v) is 3.47. The van der Waals surface area contributed by atoms with Gasteiger partial charge in [-0.05, 0) is 38.5 Å². The van der Waals surface area contributed by atoms with E-state index in [-0.39, 0.29) is 5.78 Å². The first kappa shape index (κ1) is 10.4. The molecule has 15 heavy (non-hydrogen) atoms. The lowest BCUT2D eigenvalue weighted by Gasteiger charge is -1.99. The van der Waals surface area contributed by atoms with Gasteiger partial charge in [-0.1, -0.05) is 15.9 Å². The Kier molecular flexibility index (Phi) is 2.43. The molecule has 0 aliphatic carbocycles. The summed E-state index contributed by atoms with van der Waals surface area (Å²) in [5.41, 5.74) is 3.93. The average molecular weight is 266 g/mol. The van der Waals surface area contributed by atoms with Crippen molar-refractivity contribution in [1.82, 2.24) is 4.98 Å². The van der Waals surface area contributed by atoms with E-state index in [0.29, 0.717) is 0 Å². The standard InChI is InChI=1S/C12H12BrNO/c1-6-4-11-9(5-10(6)13)12(8(3)15)7(2)14-11/h4-5,14H,1-3H3.